The topological polar surface area (TPSA) is 81.1 Å². The van der Waals surface area contributed by atoms with Crippen LogP contribution in [-0.2, 0) is 31.8 Å². The predicted molar refractivity (Wildman–Crippen MR) is 143 cm³/mol. The van der Waals surface area contributed by atoms with Crippen LogP contribution in [-0.4, -0.2) is 61.4 Å². The number of rotatable bonds is 4. The zero-order valence-corrected chi connectivity index (χ0v) is 22.6. The maximum Gasteiger partial charge on any atom is 0.260 e. The number of piperidine rings is 1. The van der Waals surface area contributed by atoms with E-state index in [4.69, 9.17) is 9.47 Å². The Morgan fingerprint density at radius 1 is 0.974 bits per heavy atom. The smallest absolute Gasteiger partial charge is 0.260 e. The number of aromatic nitrogens is 1. The highest BCUT2D eigenvalue weighted by molar-refractivity contribution is 7.89. The van der Waals surface area contributed by atoms with Crippen molar-refractivity contribution >= 4 is 15.9 Å². The second kappa shape index (κ2) is 9.25. The van der Waals surface area contributed by atoms with Crippen molar-refractivity contribution < 1.29 is 22.7 Å². The first-order chi connectivity index (χ1) is 18.3. The van der Waals surface area contributed by atoms with Crippen LogP contribution in [0.3, 0.4) is 0 Å². The number of likely N-dealkylation sites (tertiary alicyclic amines) is 1. The van der Waals surface area contributed by atoms with Gasteiger partial charge in [-0.1, -0.05) is 24.3 Å². The number of para-hydroxylation sites is 1. The first-order valence-electron chi connectivity index (χ1n) is 13.1. The van der Waals surface area contributed by atoms with Gasteiger partial charge in [0.05, 0.1) is 30.0 Å². The quantitative estimate of drug-likeness (QED) is 0.506. The molecule has 9 heteroatoms. The van der Waals surface area contributed by atoms with E-state index in [1.165, 1.54) is 7.11 Å². The molecule has 2 saturated heterocycles. The molecule has 3 aliphatic rings. The molecule has 3 aliphatic heterocycles. The summed E-state index contributed by atoms with van der Waals surface area (Å²) in [5.41, 5.74) is 1.72. The van der Waals surface area contributed by atoms with E-state index in [0.717, 1.165) is 36.2 Å². The molecule has 1 aromatic heterocycles. The van der Waals surface area contributed by atoms with Crippen molar-refractivity contribution in [1.82, 2.24) is 13.8 Å². The normalized spacial score (nSPS) is 23.1. The molecule has 1 amide bonds. The van der Waals surface area contributed by atoms with Crippen molar-refractivity contribution in [2.45, 2.75) is 43.3 Å². The lowest BCUT2D eigenvalue weighted by Gasteiger charge is -2.39. The first-order valence-corrected chi connectivity index (χ1v) is 14.5. The molecule has 1 unspecified atom stereocenters. The molecule has 6 rings (SSSR count). The fourth-order valence-electron chi connectivity index (χ4n) is 6.24. The summed E-state index contributed by atoms with van der Waals surface area (Å²) in [5.74, 6) is 0.488. The van der Waals surface area contributed by atoms with Crippen LogP contribution in [0.2, 0.25) is 0 Å². The number of hydrogen-bond donors (Lipinski definition) is 0. The van der Waals surface area contributed by atoms with Gasteiger partial charge in [-0.25, -0.2) is 8.42 Å². The number of hydrogen-bond acceptors (Lipinski definition) is 5. The minimum absolute atomic E-state index is 0.0337. The second-order valence-electron chi connectivity index (χ2n) is 10.8. The third-order valence-corrected chi connectivity index (χ3v) is 10.5. The van der Waals surface area contributed by atoms with Gasteiger partial charge in [-0.3, -0.25) is 4.79 Å². The standard InChI is InChI=1S/C29H33N3O5S/c1-28(26-11-6-15-32(26)25-10-4-3-7-22(25)20-37-28)27(33)30-16-12-29(21-30)13-17-31(18-14-29)38(34,35)24-9-5-8-23(19-24)36-2/h3-11,15,19H,12-14,16-18,20-21H2,1-2H3. The van der Waals surface area contributed by atoms with E-state index >= 15 is 0 Å². The number of ether oxygens (including phenoxy) is 2. The maximum absolute atomic E-state index is 14.1. The van der Waals surface area contributed by atoms with Crippen molar-refractivity contribution in [2.24, 2.45) is 5.41 Å². The Morgan fingerprint density at radius 2 is 1.74 bits per heavy atom. The summed E-state index contributed by atoms with van der Waals surface area (Å²) < 4.78 is 41.8. The molecule has 2 aromatic carbocycles. The Labute approximate surface area is 223 Å². The number of amides is 1. The van der Waals surface area contributed by atoms with Gasteiger partial charge >= 0.3 is 0 Å². The van der Waals surface area contributed by atoms with E-state index in [-0.39, 0.29) is 16.2 Å². The molecule has 0 N–H and O–H groups in total. The molecule has 0 radical (unpaired) electrons. The minimum Gasteiger partial charge on any atom is -0.497 e. The molecule has 0 saturated carbocycles. The van der Waals surface area contributed by atoms with Crippen LogP contribution in [0.15, 0.2) is 71.8 Å². The molecular weight excluding hydrogens is 502 g/mol. The van der Waals surface area contributed by atoms with Crippen LogP contribution in [0, 0.1) is 5.41 Å². The zero-order valence-electron chi connectivity index (χ0n) is 21.8. The average Bonchev–Trinajstić information content (AvgIpc) is 3.58. The van der Waals surface area contributed by atoms with Gasteiger partial charge in [0.15, 0.2) is 5.60 Å². The number of benzene rings is 2. The largest absolute Gasteiger partial charge is 0.497 e. The highest BCUT2D eigenvalue weighted by Gasteiger charge is 2.49. The molecule has 1 atom stereocenters. The van der Waals surface area contributed by atoms with Gasteiger partial charge in [0.1, 0.15) is 5.75 Å². The predicted octanol–water partition coefficient (Wildman–Crippen LogP) is 3.93. The van der Waals surface area contributed by atoms with Crippen LogP contribution in [0.25, 0.3) is 5.69 Å². The fourth-order valence-corrected chi connectivity index (χ4v) is 7.72. The molecule has 8 nitrogen and oxygen atoms in total. The second-order valence-corrected chi connectivity index (χ2v) is 12.7. The molecule has 1 spiro atoms. The van der Waals surface area contributed by atoms with Crippen molar-refractivity contribution in [3.05, 3.63) is 78.1 Å². The molecule has 200 valence electrons. The van der Waals surface area contributed by atoms with Crippen LogP contribution in [0.4, 0.5) is 0 Å². The molecule has 38 heavy (non-hydrogen) atoms. The first kappa shape index (κ1) is 25.2. The summed E-state index contributed by atoms with van der Waals surface area (Å²) in [6.45, 7) is 4.37. The lowest BCUT2D eigenvalue weighted by Crippen LogP contribution is -2.48. The lowest BCUT2D eigenvalue weighted by molar-refractivity contribution is -0.159. The summed E-state index contributed by atoms with van der Waals surface area (Å²) in [6, 6.07) is 18.6. The Kier molecular flexibility index (Phi) is 6.13. The van der Waals surface area contributed by atoms with Crippen molar-refractivity contribution in [3.63, 3.8) is 0 Å². The van der Waals surface area contributed by atoms with E-state index in [0.29, 0.717) is 38.5 Å². The number of carbonyl (C=O) groups excluding carboxylic acids is 1. The molecule has 0 aliphatic carbocycles. The van der Waals surface area contributed by atoms with Gasteiger partial charge in [-0.05, 0) is 61.9 Å². The van der Waals surface area contributed by atoms with E-state index in [1.807, 2.05) is 48.4 Å². The van der Waals surface area contributed by atoms with Crippen molar-refractivity contribution in [3.8, 4) is 11.4 Å². The Bertz CT molecular complexity index is 1470. The SMILES string of the molecule is COc1cccc(S(=O)(=O)N2CCC3(CCN(C(=O)C4(C)OCc5ccccc5-n5cccc54)C3)CC2)c1. The molecule has 0 bridgehead atoms. The monoisotopic (exact) mass is 535 g/mol. The van der Waals surface area contributed by atoms with E-state index in [1.54, 1.807) is 28.6 Å². The Hall–Kier alpha value is -3.14. The average molecular weight is 536 g/mol. The minimum atomic E-state index is -3.60. The Morgan fingerprint density at radius 3 is 2.53 bits per heavy atom. The number of methoxy groups -OCH3 is 1. The van der Waals surface area contributed by atoms with Crippen LogP contribution < -0.4 is 4.74 Å². The van der Waals surface area contributed by atoms with Crippen LogP contribution in [0.1, 0.15) is 37.4 Å². The molecular formula is C29H33N3O5S. The fraction of sp³-hybridized carbons (Fsp3) is 0.414. The van der Waals surface area contributed by atoms with E-state index < -0.39 is 15.6 Å². The maximum atomic E-state index is 14.1. The van der Waals surface area contributed by atoms with Crippen LogP contribution in [0.5, 0.6) is 5.75 Å². The highest BCUT2D eigenvalue weighted by atomic mass is 32.2. The van der Waals surface area contributed by atoms with Gasteiger partial charge < -0.3 is 18.9 Å². The number of carbonyl (C=O) groups is 1. The van der Waals surface area contributed by atoms with Gasteiger partial charge in [-0.15, -0.1) is 0 Å². The summed E-state index contributed by atoms with van der Waals surface area (Å²) in [6.07, 6.45) is 4.29. The summed E-state index contributed by atoms with van der Waals surface area (Å²) >= 11 is 0. The summed E-state index contributed by atoms with van der Waals surface area (Å²) in [5, 5.41) is 0. The zero-order chi connectivity index (χ0) is 26.5. The third-order valence-electron chi connectivity index (χ3n) is 8.60. The summed E-state index contributed by atoms with van der Waals surface area (Å²) in [7, 11) is -2.08. The van der Waals surface area contributed by atoms with Gasteiger partial charge in [0, 0.05) is 44.0 Å². The summed E-state index contributed by atoms with van der Waals surface area (Å²) in [4.78, 5) is 16.2. The van der Waals surface area contributed by atoms with Crippen LogP contribution >= 0.6 is 0 Å². The molecule has 2 fully saturated rings. The molecule has 4 heterocycles. The van der Waals surface area contributed by atoms with Crippen molar-refractivity contribution in [2.75, 3.05) is 33.3 Å². The number of fused-ring (bicyclic) bond motifs is 3. The molecule has 3 aromatic rings. The van der Waals surface area contributed by atoms with Gasteiger partial charge in [0.25, 0.3) is 5.91 Å². The number of nitrogens with zero attached hydrogens (tertiary/aromatic N) is 3. The van der Waals surface area contributed by atoms with E-state index in [9.17, 15) is 13.2 Å². The lowest BCUT2D eigenvalue weighted by atomic mass is 9.78. The van der Waals surface area contributed by atoms with Crippen molar-refractivity contribution in [1.29, 1.82) is 0 Å². The van der Waals surface area contributed by atoms with E-state index in [2.05, 4.69) is 10.6 Å². The van der Waals surface area contributed by atoms with Gasteiger partial charge in [-0.2, -0.15) is 4.31 Å². The number of sulfonamides is 1. The third kappa shape index (κ3) is 4.04. The van der Waals surface area contributed by atoms with Gasteiger partial charge in [0.2, 0.25) is 10.0 Å². The highest BCUT2D eigenvalue weighted by Crippen LogP contribution is 2.44. The Balaban J connectivity index is 1.17.